The van der Waals surface area contributed by atoms with Crippen molar-refractivity contribution >= 4 is 87.3 Å². The molecule has 1 fully saturated rings. The Labute approximate surface area is 380 Å². The minimum absolute atomic E-state index is 0.390. The van der Waals surface area contributed by atoms with Crippen molar-refractivity contribution < 1.29 is 0 Å². The summed E-state index contributed by atoms with van der Waals surface area (Å²) < 4.78 is 2.53. The van der Waals surface area contributed by atoms with E-state index in [2.05, 4.69) is 216 Å². The largest absolute Gasteiger partial charge is 0.344 e. The highest BCUT2D eigenvalue weighted by Gasteiger charge is 2.46. The van der Waals surface area contributed by atoms with Crippen molar-refractivity contribution in [3.8, 4) is 16.8 Å². The van der Waals surface area contributed by atoms with E-state index in [9.17, 15) is 0 Å². The van der Waals surface area contributed by atoms with Crippen molar-refractivity contribution in [2.75, 3.05) is 0 Å². The van der Waals surface area contributed by atoms with Gasteiger partial charge < -0.3 is 9.88 Å². The molecule has 1 saturated carbocycles. The summed E-state index contributed by atoms with van der Waals surface area (Å²) in [5, 5.41) is 18.6. The van der Waals surface area contributed by atoms with Crippen LogP contribution in [0.3, 0.4) is 0 Å². The molecule has 0 spiro atoms. The molecule has 0 amide bonds. The molecule has 308 valence electrons. The molecular formula is C62H40N4. The van der Waals surface area contributed by atoms with Crippen LogP contribution >= 0.6 is 0 Å². The molecule has 3 unspecified atom stereocenters. The molecule has 1 aromatic heterocycles. The number of nitrogens with one attached hydrogen (secondary N) is 1. The van der Waals surface area contributed by atoms with E-state index < -0.39 is 0 Å². The zero-order valence-electron chi connectivity index (χ0n) is 35.9. The van der Waals surface area contributed by atoms with E-state index in [-0.39, 0.29) is 6.17 Å². The third-order valence-corrected chi connectivity index (χ3v) is 14.8. The van der Waals surface area contributed by atoms with Crippen molar-refractivity contribution in [3.05, 3.63) is 234 Å². The predicted molar refractivity (Wildman–Crippen MR) is 276 cm³/mol. The zero-order valence-corrected chi connectivity index (χ0v) is 35.9. The normalized spacial score (nSPS) is 17.5. The Morgan fingerprint density at radius 3 is 1.76 bits per heavy atom. The van der Waals surface area contributed by atoms with Crippen LogP contribution in [0.15, 0.2) is 216 Å². The van der Waals surface area contributed by atoms with Gasteiger partial charge in [-0.2, -0.15) is 0 Å². The Bertz CT molecular complexity index is 4060. The van der Waals surface area contributed by atoms with Gasteiger partial charge in [-0.1, -0.05) is 158 Å². The molecule has 1 N–H and O–H groups in total. The molecule has 1 aliphatic heterocycles. The van der Waals surface area contributed by atoms with Crippen LogP contribution < -0.4 is 5.32 Å². The Kier molecular flexibility index (Phi) is 7.42. The highest BCUT2D eigenvalue weighted by molar-refractivity contribution is 6.19. The first-order chi connectivity index (χ1) is 32.7. The fraction of sp³-hybridized carbons (Fsp3) is 0.0645. The first kappa shape index (κ1) is 36.0. The lowest BCUT2D eigenvalue weighted by atomic mass is 9.84. The lowest BCUT2D eigenvalue weighted by Gasteiger charge is -2.28. The molecule has 12 aromatic rings. The zero-order chi connectivity index (χ0) is 43.0. The molecule has 3 atom stereocenters. The van der Waals surface area contributed by atoms with E-state index in [4.69, 9.17) is 9.98 Å². The van der Waals surface area contributed by atoms with Gasteiger partial charge in [0.05, 0.1) is 16.7 Å². The van der Waals surface area contributed by atoms with Crippen molar-refractivity contribution in [3.63, 3.8) is 0 Å². The Balaban J connectivity index is 1.01. The number of hydrogen-bond donors (Lipinski definition) is 1. The van der Waals surface area contributed by atoms with E-state index in [0.29, 0.717) is 11.8 Å². The van der Waals surface area contributed by atoms with Gasteiger partial charge in [0.15, 0.2) is 5.84 Å². The minimum atomic E-state index is -0.390. The fourth-order valence-electron chi connectivity index (χ4n) is 11.5. The van der Waals surface area contributed by atoms with E-state index in [1.54, 1.807) is 0 Å². The van der Waals surface area contributed by atoms with Crippen LogP contribution in [0.5, 0.6) is 0 Å². The van der Waals surface area contributed by atoms with Gasteiger partial charge in [0, 0.05) is 21.9 Å². The van der Waals surface area contributed by atoms with Crippen molar-refractivity contribution in [2.24, 2.45) is 9.98 Å². The number of amidine groups is 2. The van der Waals surface area contributed by atoms with Crippen molar-refractivity contribution in [1.82, 2.24) is 9.88 Å². The number of fused-ring (bicyclic) bond motifs is 15. The van der Waals surface area contributed by atoms with E-state index in [0.717, 1.165) is 40.5 Å². The second-order valence-electron chi connectivity index (χ2n) is 18.6. The molecular weight excluding hydrogens is 801 g/mol. The average Bonchev–Trinajstić information content (AvgIpc) is 4.14. The third kappa shape index (κ3) is 5.39. The smallest absolute Gasteiger partial charge is 0.159 e. The van der Waals surface area contributed by atoms with Crippen LogP contribution in [0.25, 0.3) is 92.5 Å². The van der Waals surface area contributed by atoms with Gasteiger partial charge in [-0.25, -0.2) is 9.98 Å². The maximum Gasteiger partial charge on any atom is 0.159 e. The quantitative estimate of drug-likeness (QED) is 0.176. The maximum atomic E-state index is 5.61. The summed E-state index contributed by atoms with van der Waals surface area (Å²) in [6.45, 7) is 0. The van der Waals surface area contributed by atoms with Gasteiger partial charge in [0.2, 0.25) is 0 Å². The molecule has 0 radical (unpaired) electrons. The van der Waals surface area contributed by atoms with Crippen molar-refractivity contribution in [1.29, 1.82) is 0 Å². The SMILES string of the molecule is c1ccc2c(c1)-c1cc(-n3c4cc5ccccc5cc4c4cc5ccccc5cc43)c(C3=NC(c4ccc5ccccc5c4)=NC(c4ccc5c(ccc6ccccc65)c4)N3)cc1C1CC21. The Morgan fingerprint density at radius 1 is 0.409 bits per heavy atom. The van der Waals surface area contributed by atoms with Gasteiger partial charge in [0.1, 0.15) is 12.0 Å². The monoisotopic (exact) mass is 840 g/mol. The number of rotatable bonds is 4. The molecule has 4 nitrogen and oxygen atoms in total. The molecule has 66 heavy (non-hydrogen) atoms. The molecule has 2 aliphatic carbocycles. The first-order valence-electron chi connectivity index (χ1n) is 23.1. The minimum Gasteiger partial charge on any atom is -0.344 e. The Hall–Kier alpha value is -8.34. The topological polar surface area (TPSA) is 41.7 Å². The van der Waals surface area contributed by atoms with E-state index >= 15 is 0 Å². The summed E-state index contributed by atoms with van der Waals surface area (Å²) in [5.41, 5.74) is 12.1. The number of nitrogens with zero attached hydrogens (tertiary/aromatic N) is 3. The molecule has 0 bridgehead atoms. The van der Waals surface area contributed by atoms with Gasteiger partial charge in [-0.15, -0.1) is 0 Å². The van der Waals surface area contributed by atoms with Crippen LogP contribution in [0.1, 0.15) is 52.2 Å². The van der Waals surface area contributed by atoms with E-state index in [1.165, 1.54) is 97.9 Å². The molecule has 2 heterocycles. The van der Waals surface area contributed by atoms with Crippen molar-refractivity contribution in [2.45, 2.75) is 24.4 Å². The lowest BCUT2D eigenvalue weighted by molar-refractivity contribution is 0.675. The van der Waals surface area contributed by atoms with Crippen LogP contribution in [-0.4, -0.2) is 16.2 Å². The number of aromatic nitrogens is 1. The predicted octanol–water partition coefficient (Wildman–Crippen LogP) is 15.3. The Morgan fingerprint density at radius 2 is 1.00 bits per heavy atom. The standard InChI is InChI=1S/C62H40N4/c1-2-13-38-27-44(24-21-36(38)11-1)60-63-61(45-25-26-47-43(28-45)23-22-37-12-7-8-18-46(37)47)65-62(64-60)56-34-52-51-33-50(51)48-19-9-10-20-49(48)53(52)35-59(56)66-57-31-41-16-5-3-14-39(41)29-54(57)55-30-40-15-4-6-17-42(40)32-58(55)66/h1-32,34-35,50-51,61H,33H2,(H,63,64,65). The summed E-state index contributed by atoms with van der Waals surface area (Å²) in [5.74, 6) is 2.55. The summed E-state index contributed by atoms with van der Waals surface area (Å²) in [6, 6.07) is 76.3. The molecule has 4 heteroatoms. The second-order valence-corrected chi connectivity index (χ2v) is 18.6. The van der Waals surface area contributed by atoms with Crippen LogP contribution in [0.4, 0.5) is 0 Å². The molecule has 15 rings (SSSR count). The maximum absolute atomic E-state index is 5.61. The first-order valence-corrected chi connectivity index (χ1v) is 23.1. The van der Waals surface area contributed by atoms with Crippen LogP contribution in [-0.2, 0) is 0 Å². The third-order valence-electron chi connectivity index (χ3n) is 14.8. The van der Waals surface area contributed by atoms with Gasteiger partial charge in [0.25, 0.3) is 0 Å². The van der Waals surface area contributed by atoms with Gasteiger partial charge >= 0.3 is 0 Å². The summed E-state index contributed by atoms with van der Waals surface area (Å²) >= 11 is 0. The van der Waals surface area contributed by atoms with Gasteiger partial charge in [-0.05, 0) is 148 Å². The molecule has 3 aliphatic rings. The number of aliphatic imine (C=N–C) groups is 2. The number of benzene rings is 11. The highest BCUT2D eigenvalue weighted by Crippen LogP contribution is 2.62. The highest BCUT2D eigenvalue weighted by atomic mass is 15.2. The lowest BCUT2D eigenvalue weighted by Crippen LogP contribution is -2.34. The van der Waals surface area contributed by atoms with E-state index in [1.807, 2.05) is 0 Å². The van der Waals surface area contributed by atoms with Crippen LogP contribution in [0.2, 0.25) is 0 Å². The number of hydrogen-bond acceptors (Lipinski definition) is 3. The van der Waals surface area contributed by atoms with Crippen LogP contribution in [0, 0.1) is 0 Å². The summed E-state index contributed by atoms with van der Waals surface area (Å²) in [6.07, 6.45) is 0.771. The summed E-state index contributed by atoms with van der Waals surface area (Å²) in [4.78, 5) is 11.1. The van der Waals surface area contributed by atoms with Gasteiger partial charge in [-0.3, -0.25) is 0 Å². The molecule has 0 saturated heterocycles. The fourth-order valence-corrected chi connectivity index (χ4v) is 11.5. The second kappa shape index (κ2) is 13.6. The summed E-state index contributed by atoms with van der Waals surface area (Å²) in [7, 11) is 0. The average molecular weight is 841 g/mol. The molecule has 11 aromatic carbocycles.